The highest BCUT2D eigenvalue weighted by Gasteiger charge is 2.43. The summed E-state index contributed by atoms with van der Waals surface area (Å²) in [5.74, 6) is 0.412. The molecule has 5 heterocycles. The van der Waals surface area contributed by atoms with E-state index in [4.69, 9.17) is 14.8 Å². The maximum atomic E-state index is 12.2. The second-order valence-corrected chi connectivity index (χ2v) is 15.2. The highest BCUT2D eigenvalue weighted by atomic mass is 16.5. The highest BCUT2D eigenvalue weighted by molar-refractivity contribution is 6.00. The maximum absolute atomic E-state index is 12.2. The molecule has 0 bridgehead atoms. The van der Waals surface area contributed by atoms with Gasteiger partial charge in [-0.25, -0.2) is 14.6 Å². The fourth-order valence-electron chi connectivity index (χ4n) is 7.56. The molecular weight excluding hydrogens is 614 g/mol. The number of benzene rings is 1. The van der Waals surface area contributed by atoms with Crippen LogP contribution in [-0.2, 0) is 6.42 Å². The number of likely N-dealkylation sites (tertiary alicyclic amines) is 2. The van der Waals surface area contributed by atoms with Crippen LogP contribution >= 0.6 is 0 Å². The van der Waals surface area contributed by atoms with Gasteiger partial charge in [-0.1, -0.05) is 59.7 Å². The van der Waals surface area contributed by atoms with Crippen LogP contribution in [0.25, 0.3) is 22.2 Å². The molecule has 3 aliphatic rings. The van der Waals surface area contributed by atoms with Crippen LogP contribution in [-0.4, -0.2) is 97.1 Å². The molecule has 2 fully saturated rings. The summed E-state index contributed by atoms with van der Waals surface area (Å²) < 4.78 is 6.38. The number of rotatable bonds is 3. The number of carboxylic acid groups (broad SMARTS) is 2. The van der Waals surface area contributed by atoms with Gasteiger partial charge in [-0.05, 0) is 48.6 Å². The smallest absolute Gasteiger partial charge is 0.407 e. The van der Waals surface area contributed by atoms with Crippen molar-refractivity contribution >= 4 is 29.0 Å². The monoisotopic (exact) mass is 663 g/mol. The van der Waals surface area contributed by atoms with E-state index < -0.39 is 18.3 Å². The minimum absolute atomic E-state index is 0.0607. The number of aromatic amines is 1. The van der Waals surface area contributed by atoms with Crippen LogP contribution in [0, 0.1) is 10.8 Å². The first-order valence-corrected chi connectivity index (χ1v) is 16.8. The van der Waals surface area contributed by atoms with Crippen molar-refractivity contribution in [3.63, 3.8) is 0 Å². The number of H-pyrrole nitrogens is 1. The Balaban J connectivity index is 0.000000271. The second-order valence-electron chi connectivity index (χ2n) is 15.2. The molecule has 1 aromatic carbocycles. The first kappa shape index (κ1) is 35.0. The lowest BCUT2D eigenvalue weighted by molar-refractivity contribution is -0.0306. The molecule has 0 aliphatic carbocycles. The van der Waals surface area contributed by atoms with Crippen LogP contribution in [0.1, 0.15) is 83.3 Å². The minimum atomic E-state index is -0.927. The molecule has 6 rings (SSSR count). The molecule has 2 aromatic heterocycles. The molecule has 2 saturated heterocycles. The standard InChI is InChI=1S/C26H30N4O4.C10H19NO3/c1-26(2,3)23-20(8-5-13-30(23)25(32)33)34-21-10-9-15-6-4-7-16(22(15)29-21)19-14-17-18(28-19)11-12-27-24(17)31;1-10(2,3)8-7(12)5-4-6-11(8)9(13)14/h4,6-7,9-10,14,20,23,28H,5,8,11-13H2,1-3H3,(H,27,31)(H,32,33);7-8,12H,4-6H2,1-3H3,(H,13,14). The van der Waals surface area contributed by atoms with Crippen molar-refractivity contribution in [1.82, 2.24) is 25.1 Å². The third-order valence-corrected chi connectivity index (χ3v) is 9.50. The Labute approximate surface area is 281 Å². The van der Waals surface area contributed by atoms with Gasteiger partial charge in [0.1, 0.15) is 6.10 Å². The fraction of sp³-hybridized carbons (Fsp3) is 0.556. The molecule has 4 unspecified atom stereocenters. The number of carbonyl (C=O) groups is 3. The quantitative estimate of drug-likeness (QED) is 0.228. The first-order valence-electron chi connectivity index (χ1n) is 16.8. The number of pyridine rings is 1. The van der Waals surface area contributed by atoms with E-state index in [0.717, 1.165) is 53.5 Å². The predicted octanol–water partition coefficient (Wildman–Crippen LogP) is 5.99. The Morgan fingerprint density at radius 3 is 2.15 bits per heavy atom. The number of piperidine rings is 2. The third-order valence-electron chi connectivity index (χ3n) is 9.50. The second kappa shape index (κ2) is 13.7. The number of ether oxygens (including phenoxy) is 1. The number of hydrogen-bond donors (Lipinski definition) is 5. The van der Waals surface area contributed by atoms with E-state index in [0.29, 0.717) is 37.5 Å². The molecule has 0 radical (unpaired) electrons. The molecule has 48 heavy (non-hydrogen) atoms. The summed E-state index contributed by atoms with van der Waals surface area (Å²) in [7, 11) is 0. The van der Waals surface area contributed by atoms with Gasteiger partial charge in [-0.2, -0.15) is 0 Å². The summed E-state index contributed by atoms with van der Waals surface area (Å²) in [5, 5.41) is 32.4. The van der Waals surface area contributed by atoms with Gasteiger partial charge in [0, 0.05) is 54.5 Å². The lowest BCUT2D eigenvalue weighted by atomic mass is 9.79. The predicted molar refractivity (Wildman–Crippen MR) is 182 cm³/mol. The zero-order valence-corrected chi connectivity index (χ0v) is 28.7. The number of para-hydroxylation sites is 1. The summed E-state index contributed by atoms with van der Waals surface area (Å²) >= 11 is 0. The number of aliphatic hydroxyl groups is 1. The van der Waals surface area contributed by atoms with Gasteiger partial charge in [0.25, 0.3) is 5.91 Å². The Morgan fingerprint density at radius 1 is 0.896 bits per heavy atom. The van der Waals surface area contributed by atoms with Gasteiger partial charge in [-0.15, -0.1) is 0 Å². The van der Waals surface area contributed by atoms with Crippen molar-refractivity contribution in [3.05, 3.63) is 47.7 Å². The van der Waals surface area contributed by atoms with E-state index >= 15 is 0 Å². The largest absolute Gasteiger partial charge is 0.472 e. The molecule has 3 aromatic rings. The van der Waals surface area contributed by atoms with Gasteiger partial charge in [0.05, 0.1) is 29.3 Å². The zero-order chi connectivity index (χ0) is 35.0. The van der Waals surface area contributed by atoms with Crippen LogP contribution in [0.15, 0.2) is 36.4 Å². The van der Waals surface area contributed by atoms with E-state index in [9.17, 15) is 24.6 Å². The van der Waals surface area contributed by atoms with E-state index in [2.05, 4.69) is 10.3 Å². The Morgan fingerprint density at radius 2 is 1.54 bits per heavy atom. The zero-order valence-electron chi connectivity index (χ0n) is 28.7. The van der Waals surface area contributed by atoms with Crippen molar-refractivity contribution in [2.45, 2.75) is 97.9 Å². The summed E-state index contributed by atoms with van der Waals surface area (Å²) in [4.78, 5) is 46.3. The molecule has 0 spiro atoms. The van der Waals surface area contributed by atoms with Crippen molar-refractivity contribution in [3.8, 4) is 17.1 Å². The summed E-state index contributed by atoms with van der Waals surface area (Å²) in [6.45, 7) is 13.7. The number of aliphatic hydroxyl groups excluding tert-OH is 1. The normalized spacial score (nSPS) is 23.1. The summed E-state index contributed by atoms with van der Waals surface area (Å²) in [6, 6.07) is 11.1. The topological polar surface area (TPSA) is 168 Å². The Bertz CT molecular complexity index is 1660. The average Bonchev–Trinajstić information content (AvgIpc) is 3.45. The van der Waals surface area contributed by atoms with Gasteiger partial charge in [-0.3, -0.25) is 4.79 Å². The van der Waals surface area contributed by atoms with E-state index in [-0.39, 0.29) is 34.9 Å². The molecule has 12 heteroatoms. The van der Waals surface area contributed by atoms with Crippen molar-refractivity contribution in [2.75, 3.05) is 19.6 Å². The molecular formula is C36H49N5O7. The fourth-order valence-corrected chi connectivity index (χ4v) is 7.56. The number of amides is 3. The van der Waals surface area contributed by atoms with Crippen LogP contribution in [0.3, 0.4) is 0 Å². The van der Waals surface area contributed by atoms with Crippen LogP contribution in [0.4, 0.5) is 9.59 Å². The van der Waals surface area contributed by atoms with Gasteiger partial charge < -0.3 is 40.2 Å². The molecule has 3 amide bonds. The number of nitrogens with zero attached hydrogens (tertiary/aromatic N) is 3. The number of hydrogen-bond acceptors (Lipinski definition) is 6. The number of fused-ring (bicyclic) bond motifs is 2. The SMILES string of the molecule is CC(C)(C)C1C(O)CCCN1C(=O)O.CC(C)(C)C1C(Oc2ccc3cccc(-c4cc5c([nH]4)CCNC5=O)c3n2)CCCN1C(=O)O. The van der Waals surface area contributed by atoms with E-state index in [1.165, 1.54) is 9.80 Å². The minimum Gasteiger partial charge on any atom is -0.472 e. The summed E-state index contributed by atoms with van der Waals surface area (Å²) in [6.07, 6.45) is 1.08. The molecule has 0 saturated carbocycles. The number of nitrogens with one attached hydrogen (secondary N) is 2. The lowest BCUT2D eigenvalue weighted by Gasteiger charge is -2.46. The molecule has 4 atom stereocenters. The highest BCUT2D eigenvalue weighted by Crippen LogP contribution is 2.36. The average molecular weight is 664 g/mol. The Kier molecular flexibility index (Phi) is 9.96. The van der Waals surface area contributed by atoms with Crippen LogP contribution < -0.4 is 10.1 Å². The lowest BCUT2D eigenvalue weighted by Crippen LogP contribution is -2.58. The van der Waals surface area contributed by atoms with Crippen molar-refractivity contribution in [1.29, 1.82) is 0 Å². The molecule has 12 nitrogen and oxygen atoms in total. The van der Waals surface area contributed by atoms with Crippen LogP contribution in [0.2, 0.25) is 0 Å². The molecule has 260 valence electrons. The van der Waals surface area contributed by atoms with E-state index in [1.54, 1.807) is 0 Å². The van der Waals surface area contributed by atoms with E-state index in [1.807, 2.05) is 77.9 Å². The maximum Gasteiger partial charge on any atom is 0.407 e. The van der Waals surface area contributed by atoms with Gasteiger partial charge in [0.15, 0.2) is 0 Å². The third kappa shape index (κ3) is 7.38. The van der Waals surface area contributed by atoms with Crippen molar-refractivity contribution in [2.24, 2.45) is 10.8 Å². The molecule has 3 aliphatic heterocycles. The van der Waals surface area contributed by atoms with Gasteiger partial charge in [0.2, 0.25) is 5.88 Å². The number of aromatic nitrogens is 2. The molecule has 5 N–H and O–H groups in total. The Hall–Kier alpha value is -4.32. The van der Waals surface area contributed by atoms with Crippen molar-refractivity contribution < 1.29 is 34.4 Å². The van der Waals surface area contributed by atoms with Gasteiger partial charge >= 0.3 is 12.2 Å². The van der Waals surface area contributed by atoms with Crippen LogP contribution in [0.5, 0.6) is 5.88 Å². The summed E-state index contributed by atoms with van der Waals surface area (Å²) in [5.41, 5.74) is 3.64. The number of carbonyl (C=O) groups excluding carboxylic acids is 1. The first-order chi connectivity index (χ1) is 22.6.